The molecule has 1 heterocycles. The van der Waals surface area contributed by atoms with E-state index in [4.69, 9.17) is 0 Å². The third kappa shape index (κ3) is 4.55. The highest BCUT2D eigenvalue weighted by atomic mass is 32.2. The summed E-state index contributed by atoms with van der Waals surface area (Å²) >= 11 is 0. The van der Waals surface area contributed by atoms with Crippen molar-refractivity contribution in [1.82, 2.24) is 14.9 Å². The van der Waals surface area contributed by atoms with Gasteiger partial charge in [0.15, 0.2) is 0 Å². The van der Waals surface area contributed by atoms with Gasteiger partial charge in [-0.05, 0) is 26.7 Å². The Morgan fingerprint density at radius 3 is 2.33 bits per heavy atom. The van der Waals surface area contributed by atoms with Gasteiger partial charge in [0.1, 0.15) is 0 Å². The van der Waals surface area contributed by atoms with E-state index in [2.05, 4.69) is 10.0 Å². The molecule has 0 atom stereocenters. The average molecular weight is 277 g/mol. The fraction of sp³-hybridized carbons (Fsp3) is 0.909. The van der Waals surface area contributed by atoms with Crippen LogP contribution in [0.2, 0.25) is 0 Å². The molecule has 0 radical (unpaired) electrons. The molecule has 18 heavy (non-hydrogen) atoms. The normalized spacial score (nSPS) is 19.1. The largest absolute Gasteiger partial charge is 0.358 e. The Morgan fingerprint density at radius 2 is 1.89 bits per heavy atom. The Bertz CT molecular complexity index is 373. The van der Waals surface area contributed by atoms with Crippen LogP contribution in [0.4, 0.5) is 0 Å². The summed E-state index contributed by atoms with van der Waals surface area (Å²) in [4.78, 5) is 13.3. The van der Waals surface area contributed by atoms with Gasteiger partial charge in [-0.3, -0.25) is 9.69 Å². The molecule has 0 aromatic carbocycles. The lowest BCUT2D eigenvalue weighted by Crippen LogP contribution is -2.48. The van der Waals surface area contributed by atoms with Crippen LogP contribution in [0, 0.1) is 0 Å². The van der Waals surface area contributed by atoms with Crippen molar-refractivity contribution in [2.24, 2.45) is 0 Å². The summed E-state index contributed by atoms with van der Waals surface area (Å²) in [5.74, 6) is -0.00351. The minimum atomic E-state index is -3.19. The van der Waals surface area contributed by atoms with Gasteiger partial charge in [0.2, 0.25) is 15.9 Å². The highest BCUT2D eigenvalue weighted by Gasteiger charge is 2.25. The summed E-state index contributed by atoms with van der Waals surface area (Å²) in [6.45, 7) is 5.23. The van der Waals surface area contributed by atoms with E-state index in [9.17, 15) is 13.2 Å². The SMILES string of the molecule is CNC(=O)CN1CCC(NS(=O)(=O)C(C)C)CC1. The molecule has 106 valence electrons. The first kappa shape index (κ1) is 15.4. The summed E-state index contributed by atoms with van der Waals surface area (Å²) in [5.41, 5.74) is 0. The molecule has 0 bridgehead atoms. The monoisotopic (exact) mass is 277 g/mol. The molecule has 1 amide bonds. The number of likely N-dealkylation sites (N-methyl/N-ethyl adjacent to an activating group) is 1. The van der Waals surface area contributed by atoms with E-state index in [0.717, 1.165) is 25.9 Å². The maximum atomic E-state index is 11.7. The molecular weight excluding hydrogens is 254 g/mol. The number of nitrogens with one attached hydrogen (secondary N) is 2. The standard InChI is InChI=1S/C11H23N3O3S/c1-9(2)18(16,17)13-10-4-6-14(7-5-10)8-11(15)12-3/h9-10,13H,4-8H2,1-3H3,(H,12,15). The van der Waals surface area contributed by atoms with Gasteiger partial charge in [-0.1, -0.05) is 0 Å². The molecule has 1 aliphatic heterocycles. The van der Waals surface area contributed by atoms with E-state index in [1.807, 2.05) is 4.90 Å². The summed E-state index contributed by atoms with van der Waals surface area (Å²) in [5, 5.41) is 2.18. The number of carbonyl (C=O) groups excluding carboxylic acids is 1. The maximum Gasteiger partial charge on any atom is 0.233 e. The van der Waals surface area contributed by atoms with Crippen molar-refractivity contribution in [2.45, 2.75) is 38.0 Å². The second-order valence-corrected chi connectivity index (χ2v) is 7.20. The van der Waals surface area contributed by atoms with Crippen molar-refractivity contribution in [3.8, 4) is 0 Å². The first-order valence-electron chi connectivity index (χ1n) is 6.29. The van der Waals surface area contributed by atoms with Gasteiger partial charge in [-0.2, -0.15) is 0 Å². The molecule has 0 spiro atoms. The zero-order valence-corrected chi connectivity index (χ0v) is 12.1. The Morgan fingerprint density at radius 1 is 1.33 bits per heavy atom. The molecule has 2 N–H and O–H groups in total. The van der Waals surface area contributed by atoms with Crippen LogP contribution >= 0.6 is 0 Å². The summed E-state index contributed by atoms with van der Waals surface area (Å²) in [6, 6.07) is -0.00154. The van der Waals surface area contributed by atoms with Crippen LogP contribution in [0.3, 0.4) is 0 Å². The van der Waals surface area contributed by atoms with Crippen LogP contribution in [-0.4, -0.2) is 57.2 Å². The molecule has 0 unspecified atom stereocenters. The van der Waals surface area contributed by atoms with Crippen molar-refractivity contribution in [3.05, 3.63) is 0 Å². The smallest absolute Gasteiger partial charge is 0.233 e. The number of carbonyl (C=O) groups is 1. The molecule has 7 heteroatoms. The van der Waals surface area contributed by atoms with Gasteiger partial charge >= 0.3 is 0 Å². The first-order chi connectivity index (χ1) is 8.35. The Hall–Kier alpha value is -0.660. The fourth-order valence-electron chi connectivity index (χ4n) is 1.86. The minimum absolute atomic E-state index is 0.00154. The third-order valence-corrected chi connectivity index (χ3v) is 5.09. The molecule has 1 rings (SSSR count). The predicted molar refractivity (Wildman–Crippen MR) is 70.7 cm³/mol. The van der Waals surface area contributed by atoms with Gasteiger partial charge in [-0.15, -0.1) is 0 Å². The van der Waals surface area contributed by atoms with Crippen molar-refractivity contribution >= 4 is 15.9 Å². The number of hydrogen-bond acceptors (Lipinski definition) is 4. The molecule has 0 saturated carbocycles. The number of likely N-dealkylation sites (tertiary alicyclic amines) is 1. The Kier molecular flexibility index (Phi) is 5.55. The number of piperidine rings is 1. The molecule has 6 nitrogen and oxygen atoms in total. The van der Waals surface area contributed by atoms with E-state index in [1.54, 1.807) is 20.9 Å². The third-order valence-electron chi connectivity index (χ3n) is 3.19. The molecule has 0 aliphatic carbocycles. The quantitative estimate of drug-likeness (QED) is 0.712. The predicted octanol–water partition coefficient (Wildman–Crippen LogP) is -0.475. The topological polar surface area (TPSA) is 78.5 Å². The molecular formula is C11H23N3O3S. The second kappa shape index (κ2) is 6.49. The Labute approximate surface area is 109 Å². The highest BCUT2D eigenvalue weighted by Crippen LogP contribution is 2.12. The van der Waals surface area contributed by atoms with Crippen LogP contribution in [0.25, 0.3) is 0 Å². The summed E-state index contributed by atoms with van der Waals surface area (Å²) in [6.07, 6.45) is 1.51. The number of rotatable bonds is 5. The zero-order chi connectivity index (χ0) is 13.8. The lowest BCUT2D eigenvalue weighted by molar-refractivity contribution is -0.122. The number of nitrogens with zero attached hydrogens (tertiary/aromatic N) is 1. The van der Waals surface area contributed by atoms with E-state index in [1.165, 1.54) is 0 Å². The zero-order valence-electron chi connectivity index (χ0n) is 11.3. The van der Waals surface area contributed by atoms with Crippen molar-refractivity contribution in [2.75, 3.05) is 26.7 Å². The van der Waals surface area contributed by atoms with Crippen molar-refractivity contribution < 1.29 is 13.2 Å². The Balaban J connectivity index is 2.38. The average Bonchev–Trinajstić information content (AvgIpc) is 2.31. The number of sulfonamides is 1. The van der Waals surface area contributed by atoms with Crippen LogP contribution in [0.1, 0.15) is 26.7 Å². The van der Waals surface area contributed by atoms with Gasteiger partial charge in [0.25, 0.3) is 0 Å². The minimum Gasteiger partial charge on any atom is -0.358 e. The second-order valence-electron chi connectivity index (χ2n) is 4.94. The molecule has 1 aliphatic rings. The molecule has 1 saturated heterocycles. The van der Waals surface area contributed by atoms with Crippen LogP contribution in [0.5, 0.6) is 0 Å². The van der Waals surface area contributed by atoms with Gasteiger partial charge in [0, 0.05) is 26.2 Å². The van der Waals surface area contributed by atoms with E-state index >= 15 is 0 Å². The van der Waals surface area contributed by atoms with Crippen LogP contribution in [0.15, 0.2) is 0 Å². The van der Waals surface area contributed by atoms with Crippen LogP contribution in [-0.2, 0) is 14.8 Å². The maximum absolute atomic E-state index is 11.7. The summed E-state index contributed by atoms with van der Waals surface area (Å²) < 4.78 is 26.2. The highest BCUT2D eigenvalue weighted by molar-refractivity contribution is 7.90. The van der Waals surface area contributed by atoms with E-state index in [0.29, 0.717) is 6.54 Å². The van der Waals surface area contributed by atoms with E-state index < -0.39 is 15.3 Å². The first-order valence-corrected chi connectivity index (χ1v) is 7.84. The molecule has 1 fully saturated rings. The van der Waals surface area contributed by atoms with Gasteiger partial charge in [0.05, 0.1) is 11.8 Å². The van der Waals surface area contributed by atoms with Crippen LogP contribution < -0.4 is 10.0 Å². The lowest BCUT2D eigenvalue weighted by atomic mass is 10.1. The molecule has 0 aromatic heterocycles. The lowest BCUT2D eigenvalue weighted by Gasteiger charge is -2.31. The van der Waals surface area contributed by atoms with Crippen molar-refractivity contribution in [1.29, 1.82) is 0 Å². The van der Waals surface area contributed by atoms with E-state index in [-0.39, 0.29) is 11.9 Å². The van der Waals surface area contributed by atoms with Crippen molar-refractivity contribution in [3.63, 3.8) is 0 Å². The molecule has 0 aromatic rings. The fourth-order valence-corrected chi connectivity index (χ4v) is 2.83. The summed E-state index contributed by atoms with van der Waals surface area (Å²) in [7, 11) is -1.57. The number of amides is 1. The van der Waals surface area contributed by atoms with Gasteiger partial charge in [-0.25, -0.2) is 13.1 Å². The number of hydrogen-bond donors (Lipinski definition) is 2. The van der Waals surface area contributed by atoms with Gasteiger partial charge < -0.3 is 5.32 Å².